The van der Waals surface area contributed by atoms with Gasteiger partial charge < -0.3 is 26.1 Å². The van der Waals surface area contributed by atoms with E-state index < -0.39 is 0 Å². The first-order chi connectivity index (χ1) is 13.9. The second-order valence-electron chi connectivity index (χ2n) is 6.21. The summed E-state index contributed by atoms with van der Waals surface area (Å²) in [5.41, 5.74) is 13.3. The van der Waals surface area contributed by atoms with Crippen molar-refractivity contribution in [3.63, 3.8) is 0 Å². The molecule has 0 saturated carbocycles. The number of imidazole rings is 1. The molecule has 2 heterocycles. The van der Waals surface area contributed by atoms with Gasteiger partial charge in [0.05, 0.1) is 18.7 Å². The summed E-state index contributed by atoms with van der Waals surface area (Å²) in [6.45, 7) is 4.28. The van der Waals surface area contributed by atoms with Crippen molar-refractivity contribution in [2.24, 2.45) is 0 Å². The van der Waals surface area contributed by atoms with E-state index in [9.17, 15) is 9.59 Å². The number of nitrogens with two attached hydrogens (primary N) is 2. The van der Waals surface area contributed by atoms with Crippen molar-refractivity contribution < 1.29 is 9.53 Å². The summed E-state index contributed by atoms with van der Waals surface area (Å²) in [4.78, 5) is 30.9. The minimum absolute atomic E-state index is 0.00490. The number of benzene rings is 1. The van der Waals surface area contributed by atoms with Crippen molar-refractivity contribution in [1.82, 2.24) is 19.4 Å². The van der Waals surface area contributed by atoms with Gasteiger partial charge in [-0.15, -0.1) is 0 Å². The number of aromatic nitrogens is 3. The molecule has 2 aromatic heterocycles. The molecule has 0 aliphatic heterocycles. The fourth-order valence-electron chi connectivity index (χ4n) is 2.72. The summed E-state index contributed by atoms with van der Waals surface area (Å²) in [7, 11) is 3.40. The highest BCUT2D eigenvalue weighted by molar-refractivity contribution is 5.80. The predicted molar refractivity (Wildman–Crippen MR) is 115 cm³/mol. The number of hydrogen-bond donors (Lipinski definition) is 4. The Kier molecular flexibility index (Phi) is 7.13. The highest BCUT2D eigenvalue weighted by atomic mass is 16.5. The van der Waals surface area contributed by atoms with Gasteiger partial charge >= 0.3 is 5.69 Å². The quantitative estimate of drug-likeness (QED) is 0.503. The number of rotatable bonds is 6. The average Bonchev–Trinajstić information content (AvgIpc) is 3.25. The first-order valence-electron chi connectivity index (χ1n) is 9.35. The lowest BCUT2D eigenvalue weighted by atomic mass is 10.2. The van der Waals surface area contributed by atoms with E-state index >= 15 is 0 Å². The zero-order chi connectivity index (χ0) is 21.6. The van der Waals surface area contributed by atoms with Gasteiger partial charge in [0, 0.05) is 25.9 Å². The van der Waals surface area contributed by atoms with Crippen LogP contribution >= 0.6 is 0 Å². The molecule has 3 aromatic rings. The number of hydrogen-bond acceptors (Lipinski definition) is 5. The molecule has 9 heteroatoms. The summed E-state index contributed by atoms with van der Waals surface area (Å²) in [5, 5.41) is 0. The topological polar surface area (TPSA) is 135 Å². The second kappa shape index (κ2) is 9.54. The summed E-state index contributed by atoms with van der Waals surface area (Å²) in [5.74, 6) is 1.24. The molecule has 0 atom stereocenters. The standard InChI is InChI=1S/C18H22N6O3.C2H6/c1-23(2)14(25)8-10-27-12-5-3-11(4-6-12)24-15(17(20)22-18(24)26)13-7-9-21-16(13)19;1-2/h3-7,9,21H,8,10,19-20H2,1-2H3,(H,22,26);1-2H3. The molecule has 0 radical (unpaired) electrons. The van der Waals surface area contributed by atoms with Crippen molar-refractivity contribution >= 4 is 17.5 Å². The molecule has 0 aliphatic carbocycles. The van der Waals surface area contributed by atoms with E-state index in [2.05, 4.69) is 9.97 Å². The lowest BCUT2D eigenvalue weighted by Crippen LogP contribution is -2.23. The fourth-order valence-corrected chi connectivity index (χ4v) is 2.72. The number of amides is 1. The predicted octanol–water partition coefficient (Wildman–Crippen LogP) is 2.21. The smallest absolute Gasteiger partial charge is 0.332 e. The van der Waals surface area contributed by atoms with Crippen LogP contribution in [0.5, 0.6) is 5.75 Å². The van der Waals surface area contributed by atoms with E-state index in [4.69, 9.17) is 16.2 Å². The molecule has 0 spiro atoms. The van der Waals surface area contributed by atoms with Gasteiger partial charge in [0.2, 0.25) is 5.91 Å². The van der Waals surface area contributed by atoms with Gasteiger partial charge in [-0.3, -0.25) is 14.3 Å². The fraction of sp³-hybridized carbons (Fsp3) is 0.300. The van der Waals surface area contributed by atoms with Crippen LogP contribution < -0.4 is 21.9 Å². The van der Waals surface area contributed by atoms with Crippen molar-refractivity contribution in [1.29, 1.82) is 0 Å². The van der Waals surface area contributed by atoms with Crippen LogP contribution in [0.2, 0.25) is 0 Å². The maximum atomic E-state index is 12.4. The lowest BCUT2D eigenvalue weighted by Gasteiger charge is -2.12. The average molecular weight is 400 g/mol. The molecular weight excluding hydrogens is 372 g/mol. The molecule has 1 aromatic carbocycles. The molecule has 0 saturated heterocycles. The summed E-state index contributed by atoms with van der Waals surface area (Å²) >= 11 is 0. The first-order valence-corrected chi connectivity index (χ1v) is 9.35. The van der Waals surface area contributed by atoms with Crippen molar-refractivity contribution in [3.05, 3.63) is 47.0 Å². The highest BCUT2D eigenvalue weighted by Crippen LogP contribution is 2.30. The number of anilines is 2. The molecule has 6 N–H and O–H groups in total. The summed E-state index contributed by atoms with van der Waals surface area (Å²) in [6.07, 6.45) is 1.97. The summed E-state index contributed by atoms with van der Waals surface area (Å²) in [6, 6.07) is 8.70. The molecule has 9 nitrogen and oxygen atoms in total. The zero-order valence-corrected chi connectivity index (χ0v) is 17.2. The van der Waals surface area contributed by atoms with Crippen LogP contribution in [0.1, 0.15) is 20.3 Å². The van der Waals surface area contributed by atoms with Crippen LogP contribution in [0.15, 0.2) is 41.3 Å². The Morgan fingerprint density at radius 1 is 1.10 bits per heavy atom. The maximum absolute atomic E-state index is 12.4. The van der Waals surface area contributed by atoms with E-state index in [-0.39, 0.29) is 24.0 Å². The lowest BCUT2D eigenvalue weighted by molar-refractivity contribution is -0.129. The van der Waals surface area contributed by atoms with Crippen LogP contribution in [0.25, 0.3) is 16.9 Å². The number of carbonyl (C=O) groups excluding carboxylic acids is 1. The number of H-pyrrole nitrogens is 2. The Morgan fingerprint density at radius 2 is 1.76 bits per heavy atom. The molecule has 0 unspecified atom stereocenters. The highest BCUT2D eigenvalue weighted by Gasteiger charge is 2.18. The van der Waals surface area contributed by atoms with Crippen molar-refractivity contribution in [2.75, 3.05) is 32.2 Å². The van der Waals surface area contributed by atoms with Gasteiger partial charge in [0.15, 0.2) is 0 Å². The number of carbonyl (C=O) groups is 1. The van der Waals surface area contributed by atoms with E-state index in [0.717, 1.165) is 0 Å². The third kappa shape index (κ3) is 4.81. The van der Waals surface area contributed by atoms with Gasteiger partial charge in [-0.25, -0.2) is 4.79 Å². The number of ether oxygens (including phenoxy) is 1. The monoisotopic (exact) mass is 400 g/mol. The Labute approximate surface area is 169 Å². The molecule has 29 heavy (non-hydrogen) atoms. The van der Waals surface area contributed by atoms with Crippen LogP contribution in [0, 0.1) is 0 Å². The molecule has 0 aliphatic rings. The maximum Gasteiger partial charge on any atom is 0.332 e. The second-order valence-corrected chi connectivity index (χ2v) is 6.21. The first kappa shape index (κ1) is 21.7. The normalized spacial score (nSPS) is 10.2. The van der Waals surface area contributed by atoms with Crippen LogP contribution in [-0.4, -0.2) is 46.0 Å². The molecule has 0 bridgehead atoms. The van der Waals surface area contributed by atoms with Crippen LogP contribution in [-0.2, 0) is 4.79 Å². The van der Waals surface area contributed by atoms with Gasteiger partial charge in [-0.2, -0.15) is 0 Å². The van der Waals surface area contributed by atoms with Crippen LogP contribution in [0.3, 0.4) is 0 Å². The minimum atomic E-state index is -0.367. The molecule has 0 fully saturated rings. The third-order valence-corrected chi connectivity index (χ3v) is 4.14. The number of nitrogen functional groups attached to an aromatic ring is 2. The van der Waals surface area contributed by atoms with E-state index in [1.54, 1.807) is 50.6 Å². The Bertz CT molecular complexity index is 998. The van der Waals surface area contributed by atoms with E-state index in [0.29, 0.717) is 34.9 Å². The summed E-state index contributed by atoms with van der Waals surface area (Å²) < 4.78 is 7.03. The molecule has 3 rings (SSSR count). The van der Waals surface area contributed by atoms with Crippen molar-refractivity contribution in [3.8, 4) is 22.7 Å². The molecule has 156 valence electrons. The Hall–Kier alpha value is -3.62. The number of aromatic amines is 2. The molecule has 1 amide bonds. The SMILES string of the molecule is CC.CN(C)C(=O)CCOc1ccc(-n2c(-c3cc[nH]c3N)c(N)[nH]c2=O)cc1. The van der Waals surface area contributed by atoms with Crippen molar-refractivity contribution in [2.45, 2.75) is 20.3 Å². The Morgan fingerprint density at radius 3 is 2.31 bits per heavy atom. The minimum Gasteiger partial charge on any atom is -0.493 e. The number of nitrogens with one attached hydrogen (secondary N) is 2. The van der Waals surface area contributed by atoms with Gasteiger partial charge in [0.1, 0.15) is 23.1 Å². The van der Waals surface area contributed by atoms with E-state index in [1.807, 2.05) is 13.8 Å². The van der Waals surface area contributed by atoms with Gasteiger partial charge in [-0.1, -0.05) is 13.8 Å². The van der Waals surface area contributed by atoms with Gasteiger partial charge in [-0.05, 0) is 30.3 Å². The van der Waals surface area contributed by atoms with E-state index in [1.165, 1.54) is 9.47 Å². The zero-order valence-electron chi connectivity index (χ0n) is 17.2. The number of nitrogens with zero attached hydrogens (tertiary/aromatic N) is 2. The van der Waals surface area contributed by atoms with Crippen LogP contribution in [0.4, 0.5) is 11.6 Å². The largest absolute Gasteiger partial charge is 0.493 e. The third-order valence-electron chi connectivity index (χ3n) is 4.14. The molecular formula is C20H28N6O3. The Balaban J connectivity index is 0.00000145. The van der Waals surface area contributed by atoms with Gasteiger partial charge in [0.25, 0.3) is 0 Å².